The topological polar surface area (TPSA) is 86.8 Å². The van der Waals surface area contributed by atoms with E-state index in [-0.39, 0.29) is 18.5 Å². The first-order chi connectivity index (χ1) is 17.0. The molecule has 1 saturated carbocycles. The van der Waals surface area contributed by atoms with E-state index in [1.165, 1.54) is 11.0 Å². The molecule has 10 heteroatoms. The standard InChI is InChI=1S/C26H33Cl2N3O4S/c1-4-23(26(33)29-22-7-5-6-8-22)30(16-19-10-13-20(27)14-11-19)25(32)17-31(36(3,34)35)24-15-21(28)12-9-18(24)2/h9-15,22-23H,4-8,16-17H2,1-3H3,(H,29,33). The second-order valence-corrected chi connectivity index (χ2v) is 12.0. The number of carbonyl (C=O) groups excluding carboxylic acids is 2. The van der Waals surface area contributed by atoms with Crippen molar-refractivity contribution < 1.29 is 18.0 Å². The van der Waals surface area contributed by atoms with E-state index < -0.39 is 28.5 Å². The van der Waals surface area contributed by atoms with Gasteiger partial charge in [0.1, 0.15) is 12.6 Å². The van der Waals surface area contributed by atoms with Crippen LogP contribution < -0.4 is 9.62 Å². The Balaban J connectivity index is 1.94. The number of carbonyl (C=O) groups is 2. The van der Waals surface area contributed by atoms with Gasteiger partial charge in [0.15, 0.2) is 0 Å². The lowest BCUT2D eigenvalue weighted by Crippen LogP contribution is -2.53. The minimum absolute atomic E-state index is 0.0978. The maximum absolute atomic E-state index is 13.8. The molecule has 1 aliphatic rings. The van der Waals surface area contributed by atoms with E-state index in [0.29, 0.717) is 27.7 Å². The van der Waals surface area contributed by atoms with Crippen molar-refractivity contribution in [2.75, 3.05) is 17.1 Å². The number of nitrogens with zero attached hydrogens (tertiary/aromatic N) is 2. The summed E-state index contributed by atoms with van der Waals surface area (Å²) in [5.41, 5.74) is 1.77. The van der Waals surface area contributed by atoms with Gasteiger partial charge >= 0.3 is 0 Å². The fourth-order valence-corrected chi connectivity index (χ4v) is 5.71. The molecule has 3 rings (SSSR count). The van der Waals surface area contributed by atoms with E-state index in [4.69, 9.17) is 23.2 Å². The SMILES string of the molecule is CCC(C(=O)NC1CCCC1)N(Cc1ccc(Cl)cc1)C(=O)CN(c1cc(Cl)ccc1C)S(C)(=O)=O. The van der Waals surface area contributed by atoms with Crippen molar-refractivity contribution in [3.8, 4) is 0 Å². The Kier molecular flexibility index (Phi) is 9.66. The summed E-state index contributed by atoms with van der Waals surface area (Å²) in [5.74, 6) is -0.709. The van der Waals surface area contributed by atoms with Gasteiger partial charge in [0.25, 0.3) is 0 Å². The second-order valence-electron chi connectivity index (χ2n) is 9.26. The van der Waals surface area contributed by atoms with E-state index in [2.05, 4.69) is 5.32 Å². The minimum atomic E-state index is -3.83. The third-order valence-electron chi connectivity index (χ3n) is 6.47. The average Bonchev–Trinajstić information content (AvgIpc) is 3.32. The molecule has 0 bridgehead atoms. The van der Waals surface area contributed by atoms with Crippen LogP contribution in [-0.2, 0) is 26.2 Å². The van der Waals surface area contributed by atoms with Gasteiger partial charge in [-0.1, -0.05) is 61.2 Å². The molecule has 36 heavy (non-hydrogen) atoms. The van der Waals surface area contributed by atoms with Crippen molar-refractivity contribution in [1.82, 2.24) is 10.2 Å². The van der Waals surface area contributed by atoms with Crippen molar-refractivity contribution >= 4 is 50.7 Å². The molecule has 1 N–H and O–H groups in total. The number of sulfonamides is 1. The predicted molar refractivity (Wildman–Crippen MR) is 145 cm³/mol. The van der Waals surface area contributed by atoms with Gasteiger partial charge in [-0.15, -0.1) is 0 Å². The predicted octanol–water partition coefficient (Wildman–Crippen LogP) is 4.93. The number of anilines is 1. The normalized spacial score (nSPS) is 14.9. The Labute approximate surface area is 223 Å². The van der Waals surface area contributed by atoms with Gasteiger partial charge in [0.2, 0.25) is 21.8 Å². The average molecular weight is 555 g/mol. The third kappa shape index (κ3) is 7.37. The molecule has 0 radical (unpaired) electrons. The first-order valence-corrected chi connectivity index (χ1v) is 14.7. The highest BCUT2D eigenvalue weighted by Gasteiger charge is 2.33. The number of benzene rings is 2. The Morgan fingerprint density at radius 1 is 1.06 bits per heavy atom. The summed E-state index contributed by atoms with van der Waals surface area (Å²) in [6.45, 7) is 3.28. The number of rotatable bonds is 10. The maximum Gasteiger partial charge on any atom is 0.244 e. The molecule has 1 aliphatic carbocycles. The van der Waals surface area contributed by atoms with Gasteiger partial charge < -0.3 is 10.2 Å². The molecule has 196 valence electrons. The first kappa shape index (κ1) is 28.3. The van der Waals surface area contributed by atoms with E-state index >= 15 is 0 Å². The molecule has 0 spiro atoms. The van der Waals surface area contributed by atoms with Gasteiger partial charge in [-0.05, 0) is 61.6 Å². The van der Waals surface area contributed by atoms with E-state index in [0.717, 1.165) is 41.8 Å². The summed E-state index contributed by atoms with van der Waals surface area (Å²) in [4.78, 5) is 28.5. The van der Waals surface area contributed by atoms with Gasteiger partial charge in [0.05, 0.1) is 11.9 Å². The quantitative estimate of drug-likeness (QED) is 0.451. The maximum atomic E-state index is 13.8. The zero-order valence-corrected chi connectivity index (χ0v) is 23.2. The monoisotopic (exact) mass is 553 g/mol. The van der Waals surface area contributed by atoms with Crippen molar-refractivity contribution in [3.63, 3.8) is 0 Å². The Morgan fingerprint density at radius 3 is 2.25 bits per heavy atom. The number of nitrogens with one attached hydrogen (secondary N) is 1. The van der Waals surface area contributed by atoms with Gasteiger partial charge in [-0.25, -0.2) is 8.42 Å². The molecular formula is C26H33Cl2N3O4S. The molecule has 2 aromatic carbocycles. The zero-order valence-electron chi connectivity index (χ0n) is 20.8. The summed E-state index contributed by atoms with van der Waals surface area (Å²) in [5, 5.41) is 4.00. The fraction of sp³-hybridized carbons (Fsp3) is 0.462. The molecule has 2 aromatic rings. The van der Waals surface area contributed by atoms with Gasteiger partial charge in [-0.3, -0.25) is 13.9 Å². The second kappa shape index (κ2) is 12.3. The highest BCUT2D eigenvalue weighted by Crippen LogP contribution is 2.27. The van der Waals surface area contributed by atoms with E-state index in [1.807, 2.05) is 6.92 Å². The highest BCUT2D eigenvalue weighted by molar-refractivity contribution is 7.92. The lowest BCUT2D eigenvalue weighted by atomic mass is 10.1. The number of hydrogen-bond acceptors (Lipinski definition) is 4. The van der Waals surface area contributed by atoms with Crippen LogP contribution in [0, 0.1) is 6.92 Å². The zero-order chi connectivity index (χ0) is 26.5. The smallest absolute Gasteiger partial charge is 0.244 e. The molecule has 1 fully saturated rings. The largest absolute Gasteiger partial charge is 0.352 e. The van der Waals surface area contributed by atoms with Crippen LogP contribution in [0.4, 0.5) is 5.69 Å². The van der Waals surface area contributed by atoms with Crippen molar-refractivity contribution in [3.05, 3.63) is 63.6 Å². The van der Waals surface area contributed by atoms with Crippen molar-refractivity contribution in [2.24, 2.45) is 0 Å². The number of aryl methyl sites for hydroxylation is 1. The van der Waals surface area contributed by atoms with Gasteiger partial charge in [-0.2, -0.15) is 0 Å². The summed E-state index contributed by atoms with van der Waals surface area (Å²) in [6, 6.07) is 11.3. The Bertz CT molecular complexity index is 1180. The molecule has 0 aliphatic heterocycles. The summed E-state index contributed by atoms with van der Waals surface area (Å²) in [6.07, 6.45) is 5.41. The molecule has 2 amide bonds. The lowest BCUT2D eigenvalue weighted by Gasteiger charge is -2.33. The van der Waals surface area contributed by atoms with Crippen LogP contribution in [0.15, 0.2) is 42.5 Å². The van der Waals surface area contributed by atoms with Crippen LogP contribution in [0.5, 0.6) is 0 Å². The lowest BCUT2D eigenvalue weighted by molar-refractivity contribution is -0.140. The first-order valence-electron chi connectivity index (χ1n) is 12.1. The van der Waals surface area contributed by atoms with Crippen LogP contribution in [0.3, 0.4) is 0 Å². The van der Waals surface area contributed by atoms with Crippen molar-refractivity contribution in [2.45, 2.75) is 64.6 Å². The molecule has 7 nitrogen and oxygen atoms in total. The van der Waals surface area contributed by atoms with Crippen LogP contribution in [0.2, 0.25) is 10.0 Å². The number of halogens is 2. The molecule has 1 unspecified atom stereocenters. The van der Waals surface area contributed by atoms with Crippen LogP contribution in [-0.4, -0.2) is 50.0 Å². The molecule has 0 saturated heterocycles. The molecule has 1 atom stereocenters. The molecule has 0 heterocycles. The summed E-state index contributed by atoms with van der Waals surface area (Å²) >= 11 is 12.2. The summed E-state index contributed by atoms with van der Waals surface area (Å²) in [7, 11) is -3.83. The fourth-order valence-electron chi connectivity index (χ4n) is 4.52. The van der Waals surface area contributed by atoms with E-state index in [1.54, 1.807) is 43.3 Å². The Hall–Kier alpha value is -2.29. The molecular weight excluding hydrogens is 521 g/mol. The van der Waals surface area contributed by atoms with Crippen LogP contribution in [0.1, 0.15) is 50.2 Å². The van der Waals surface area contributed by atoms with Crippen LogP contribution >= 0.6 is 23.2 Å². The Morgan fingerprint density at radius 2 is 1.67 bits per heavy atom. The van der Waals surface area contributed by atoms with Crippen molar-refractivity contribution in [1.29, 1.82) is 0 Å². The van der Waals surface area contributed by atoms with Gasteiger partial charge in [0, 0.05) is 22.6 Å². The van der Waals surface area contributed by atoms with E-state index in [9.17, 15) is 18.0 Å². The summed E-state index contributed by atoms with van der Waals surface area (Å²) < 4.78 is 26.6. The number of hydrogen-bond donors (Lipinski definition) is 1. The van der Waals surface area contributed by atoms with Crippen LogP contribution in [0.25, 0.3) is 0 Å². The minimum Gasteiger partial charge on any atom is -0.352 e. The highest BCUT2D eigenvalue weighted by atomic mass is 35.5. The third-order valence-corrected chi connectivity index (χ3v) is 8.09. The number of amides is 2. The molecule has 0 aromatic heterocycles.